The van der Waals surface area contributed by atoms with Crippen molar-refractivity contribution in [1.82, 2.24) is 19.5 Å². The number of carbonyl (C=O) groups is 1. The van der Waals surface area contributed by atoms with Crippen molar-refractivity contribution in [3.63, 3.8) is 0 Å². The van der Waals surface area contributed by atoms with E-state index in [1.807, 2.05) is 34.9 Å². The monoisotopic (exact) mass is 529 g/mol. The first-order valence-electron chi connectivity index (χ1n) is 13.0. The lowest BCUT2D eigenvalue weighted by Gasteiger charge is -2.26. The van der Waals surface area contributed by atoms with Crippen molar-refractivity contribution in [2.45, 2.75) is 56.5 Å². The van der Waals surface area contributed by atoms with Crippen LogP contribution in [0.25, 0.3) is 22.6 Å². The molecule has 0 bridgehead atoms. The molecule has 2 aromatic carbocycles. The quantitative estimate of drug-likeness (QED) is 0.289. The topological polar surface area (TPSA) is 122 Å². The van der Waals surface area contributed by atoms with Gasteiger partial charge in [-0.15, -0.1) is 0 Å². The number of aliphatic hydroxyl groups excluding tert-OH is 1. The molecule has 2 atom stereocenters. The fourth-order valence-corrected chi connectivity index (χ4v) is 4.96. The molecule has 6 rings (SSSR count). The van der Waals surface area contributed by atoms with Crippen molar-refractivity contribution in [3.05, 3.63) is 78.5 Å². The van der Waals surface area contributed by atoms with E-state index in [9.17, 15) is 19.4 Å². The number of imidazole rings is 1. The van der Waals surface area contributed by atoms with Gasteiger partial charge in [-0.25, -0.2) is 19.3 Å². The van der Waals surface area contributed by atoms with Gasteiger partial charge in [-0.1, -0.05) is 18.2 Å². The second-order valence-electron chi connectivity index (χ2n) is 10.1. The zero-order chi connectivity index (χ0) is 27.0. The van der Waals surface area contributed by atoms with Gasteiger partial charge in [-0.2, -0.15) is 0 Å². The number of benzene rings is 2. The molecule has 2 aliphatic rings. The van der Waals surface area contributed by atoms with Crippen LogP contribution in [0.15, 0.2) is 66.9 Å². The minimum Gasteiger partial charge on any atom is -0.462 e. The molecule has 1 aliphatic carbocycles. The fourth-order valence-electron chi connectivity index (χ4n) is 4.96. The Kier molecular flexibility index (Phi) is 6.58. The average molecular weight is 530 g/mol. The van der Waals surface area contributed by atoms with Crippen molar-refractivity contribution in [3.8, 4) is 22.6 Å². The number of nitrogens with zero attached hydrogens (tertiary/aromatic N) is 4. The number of hydrogen-bond acceptors (Lipinski definition) is 8. The Bertz CT molecular complexity index is 1490. The van der Waals surface area contributed by atoms with E-state index in [1.165, 1.54) is 12.1 Å². The predicted octanol–water partition coefficient (Wildman–Crippen LogP) is 4.33. The Labute approximate surface area is 224 Å². The summed E-state index contributed by atoms with van der Waals surface area (Å²) in [7, 11) is 0. The summed E-state index contributed by atoms with van der Waals surface area (Å²) in [6, 6.07) is 17.4. The van der Waals surface area contributed by atoms with Gasteiger partial charge in [0.2, 0.25) is 5.95 Å². The molecule has 4 aromatic rings. The minimum atomic E-state index is -1.09. The van der Waals surface area contributed by atoms with E-state index in [-0.39, 0.29) is 12.2 Å². The number of aliphatic hydroxyl groups is 2. The lowest BCUT2D eigenvalue weighted by molar-refractivity contribution is -0.160. The predicted molar refractivity (Wildman–Crippen MR) is 141 cm³/mol. The van der Waals surface area contributed by atoms with Crippen molar-refractivity contribution >= 4 is 17.6 Å². The molecule has 0 amide bonds. The summed E-state index contributed by atoms with van der Waals surface area (Å²) in [5, 5.41) is 24.5. The van der Waals surface area contributed by atoms with Gasteiger partial charge >= 0.3 is 5.97 Å². The third-order valence-corrected chi connectivity index (χ3v) is 7.06. The SMILES string of the molecule is O=C1CC(O)CC(CCn2c(C3(O)CC3)nc(-c3ccnc(Nc4ccccc4)n3)c2-c2ccc(F)cc2)O1. The van der Waals surface area contributed by atoms with E-state index in [0.717, 1.165) is 5.69 Å². The molecule has 1 saturated carbocycles. The summed E-state index contributed by atoms with van der Waals surface area (Å²) in [4.78, 5) is 25.9. The third-order valence-electron chi connectivity index (χ3n) is 7.06. The first kappa shape index (κ1) is 25.1. The largest absolute Gasteiger partial charge is 0.462 e. The maximum absolute atomic E-state index is 13.9. The van der Waals surface area contributed by atoms with Crippen molar-refractivity contribution in [2.75, 3.05) is 5.32 Å². The van der Waals surface area contributed by atoms with Crippen LogP contribution in [0.3, 0.4) is 0 Å². The van der Waals surface area contributed by atoms with E-state index in [4.69, 9.17) is 14.7 Å². The van der Waals surface area contributed by atoms with E-state index >= 15 is 0 Å². The van der Waals surface area contributed by atoms with Crippen LogP contribution in [0.5, 0.6) is 0 Å². The molecule has 2 unspecified atom stereocenters. The molecule has 10 heteroatoms. The van der Waals surface area contributed by atoms with E-state index in [1.54, 1.807) is 24.4 Å². The smallest absolute Gasteiger partial charge is 0.308 e. The summed E-state index contributed by atoms with van der Waals surface area (Å²) in [6.45, 7) is 0.363. The van der Waals surface area contributed by atoms with E-state index in [2.05, 4.69) is 10.3 Å². The van der Waals surface area contributed by atoms with Gasteiger partial charge < -0.3 is 24.8 Å². The van der Waals surface area contributed by atoms with E-state index in [0.29, 0.717) is 66.6 Å². The van der Waals surface area contributed by atoms with Crippen LogP contribution in [-0.2, 0) is 21.7 Å². The Morgan fingerprint density at radius 3 is 2.56 bits per heavy atom. The summed E-state index contributed by atoms with van der Waals surface area (Å²) in [5.74, 6) is 0.0694. The third kappa shape index (κ3) is 5.39. The van der Waals surface area contributed by atoms with Gasteiger partial charge in [0.05, 0.1) is 23.9 Å². The number of ether oxygens (including phenoxy) is 1. The van der Waals surface area contributed by atoms with Crippen molar-refractivity contribution < 1.29 is 24.1 Å². The molecule has 1 aliphatic heterocycles. The number of hydrogen-bond donors (Lipinski definition) is 3. The second-order valence-corrected chi connectivity index (χ2v) is 10.1. The van der Waals surface area contributed by atoms with Crippen LogP contribution < -0.4 is 5.32 Å². The van der Waals surface area contributed by atoms with E-state index < -0.39 is 23.8 Å². The average Bonchev–Trinajstić information content (AvgIpc) is 3.55. The molecule has 0 spiro atoms. The zero-order valence-electron chi connectivity index (χ0n) is 21.1. The van der Waals surface area contributed by atoms with Crippen LogP contribution in [0.1, 0.15) is 37.9 Å². The van der Waals surface area contributed by atoms with Gasteiger partial charge in [0.15, 0.2) is 0 Å². The Morgan fingerprint density at radius 2 is 1.85 bits per heavy atom. The number of esters is 1. The number of cyclic esters (lactones) is 1. The van der Waals surface area contributed by atoms with Gasteiger partial charge in [0.1, 0.15) is 29.0 Å². The molecule has 2 fully saturated rings. The zero-order valence-corrected chi connectivity index (χ0v) is 21.1. The second kappa shape index (κ2) is 10.2. The van der Waals surface area contributed by atoms with Gasteiger partial charge in [-0.05, 0) is 55.3 Å². The number of halogens is 1. The summed E-state index contributed by atoms with van der Waals surface area (Å²) in [5.41, 5.74) is 2.16. The minimum absolute atomic E-state index is 0.00931. The van der Waals surface area contributed by atoms with Crippen LogP contribution in [-0.4, -0.2) is 47.9 Å². The lowest BCUT2D eigenvalue weighted by Crippen LogP contribution is -2.33. The maximum Gasteiger partial charge on any atom is 0.308 e. The molecule has 200 valence electrons. The van der Waals surface area contributed by atoms with Crippen LogP contribution in [0, 0.1) is 5.82 Å². The van der Waals surface area contributed by atoms with Gasteiger partial charge in [-0.3, -0.25) is 4.79 Å². The number of nitrogens with one attached hydrogen (secondary N) is 1. The first-order valence-corrected chi connectivity index (χ1v) is 13.0. The normalized spacial score (nSPS) is 19.9. The number of rotatable bonds is 8. The molecular weight excluding hydrogens is 501 g/mol. The summed E-state index contributed by atoms with van der Waals surface area (Å²) in [6.07, 6.45) is 2.31. The van der Waals surface area contributed by atoms with Crippen LogP contribution in [0.4, 0.5) is 16.0 Å². The van der Waals surface area contributed by atoms with Crippen molar-refractivity contribution in [1.29, 1.82) is 0 Å². The molecule has 2 aromatic heterocycles. The molecule has 1 saturated heterocycles. The molecular formula is C29H28FN5O4. The molecule has 9 nitrogen and oxygen atoms in total. The number of aromatic nitrogens is 4. The first-order chi connectivity index (χ1) is 18.9. The lowest BCUT2D eigenvalue weighted by atomic mass is 10.0. The highest BCUT2D eigenvalue weighted by Crippen LogP contribution is 2.47. The Morgan fingerprint density at radius 1 is 1.08 bits per heavy atom. The summed E-state index contributed by atoms with van der Waals surface area (Å²) >= 11 is 0. The van der Waals surface area contributed by atoms with Gasteiger partial charge in [0, 0.05) is 36.8 Å². The molecule has 39 heavy (non-hydrogen) atoms. The molecule has 3 N–H and O–H groups in total. The molecule has 3 heterocycles. The maximum atomic E-state index is 13.9. The number of carbonyl (C=O) groups excluding carboxylic acids is 1. The van der Waals surface area contributed by atoms with Crippen molar-refractivity contribution in [2.24, 2.45) is 0 Å². The number of anilines is 2. The van der Waals surface area contributed by atoms with Gasteiger partial charge in [0.25, 0.3) is 0 Å². The highest BCUT2D eigenvalue weighted by molar-refractivity contribution is 5.78. The molecule has 0 radical (unpaired) electrons. The summed E-state index contributed by atoms with van der Waals surface area (Å²) < 4.78 is 21.3. The van der Waals surface area contributed by atoms with Crippen LogP contribution in [0.2, 0.25) is 0 Å². The highest BCUT2D eigenvalue weighted by Gasteiger charge is 2.47. The Balaban J connectivity index is 1.43. The highest BCUT2D eigenvalue weighted by atomic mass is 19.1. The Hall–Kier alpha value is -4.15. The standard InChI is InChI=1S/C29H28FN5O4/c30-19-8-6-18(7-9-19)26-25(23-10-14-31-28(33-23)32-20-4-2-1-3-5-20)34-27(29(38)12-13-29)35(26)15-11-22-16-21(36)17-24(37)39-22/h1-10,14,21-22,36,38H,11-13,15-17H2,(H,31,32,33). The van der Waals surface area contributed by atoms with Crippen LogP contribution >= 0.6 is 0 Å². The fraction of sp³-hybridized carbons (Fsp3) is 0.310. The number of para-hydroxylation sites is 1.